The highest BCUT2D eigenvalue weighted by Gasteiger charge is 2.04. The first-order valence-corrected chi connectivity index (χ1v) is 6.75. The summed E-state index contributed by atoms with van der Waals surface area (Å²) in [7, 11) is 0. The van der Waals surface area contributed by atoms with Crippen LogP contribution in [0.3, 0.4) is 0 Å². The minimum absolute atomic E-state index is 0.544. The maximum Gasteiger partial charge on any atom is 0.0353 e. The van der Waals surface area contributed by atoms with Crippen LogP contribution in [0.15, 0.2) is 29.2 Å². The molecule has 0 aliphatic rings. The molecule has 0 heterocycles. The highest BCUT2D eigenvalue weighted by Crippen LogP contribution is 2.20. The Morgan fingerprint density at radius 3 is 2.60 bits per heavy atom. The highest BCUT2D eigenvalue weighted by molar-refractivity contribution is 7.98. The molecule has 0 aliphatic heterocycles. The average Bonchev–Trinajstić information content (AvgIpc) is 2.16. The minimum Gasteiger partial charge on any atom is -0.383 e. The van der Waals surface area contributed by atoms with Gasteiger partial charge in [0.05, 0.1) is 0 Å². The Balaban J connectivity index is 2.55. The molecule has 0 amide bonds. The van der Waals surface area contributed by atoms with E-state index in [1.807, 2.05) is 0 Å². The zero-order valence-electron chi connectivity index (χ0n) is 10.1. The molecule has 0 saturated carbocycles. The predicted octanol–water partition coefficient (Wildman–Crippen LogP) is 4.26. The number of rotatable bonds is 5. The fraction of sp³-hybridized carbons (Fsp3) is 0.538. The van der Waals surface area contributed by atoms with Crippen LogP contribution in [-0.4, -0.2) is 12.3 Å². The molecule has 0 spiro atoms. The second-order valence-electron chi connectivity index (χ2n) is 4.41. The van der Waals surface area contributed by atoms with Crippen LogP contribution in [0.2, 0.25) is 0 Å². The number of anilines is 1. The van der Waals surface area contributed by atoms with Gasteiger partial charge in [0.15, 0.2) is 0 Å². The van der Waals surface area contributed by atoms with Crippen molar-refractivity contribution in [1.29, 1.82) is 0 Å². The van der Waals surface area contributed by atoms with E-state index in [0.29, 0.717) is 6.04 Å². The first-order valence-electron chi connectivity index (χ1n) is 5.52. The molecule has 1 aromatic carbocycles. The summed E-state index contributed by atoms with van der Waals surface area (Å²) in [4.78, 5) is 1.32. The molecule has 1 atom stereocenters. The van der Waals surface area contributed by atoms with Gasteiger partial charge in [-0.3, -0.25) is 0 Å². The van der Waals surface area contributed by atoms with Gasteiger partial charge in [0.1, 0.15) is 0 Å². The third-order valence-electron chi connectivity index (χ3n) is 2.31. The molecule has 1 rings (SSSR count). The van der Waals surface area contributed by atoms with Crippen LogP contribution in [0.5, 0.6) is 0 Å². The number of hydrogen-bond acceptors (Lipinski definition) is 2. The fourth-order valence-corrected chi connectivity index (χ4v) is 2.22. The zero-order valence-corrected chi connectivity index (χ0v) is 10.9. The van der Waals surface area contributed by atoms with E-state index < -0.39 is 0 Å². The molecule has 2 heteroatoms. The maximum absolute atomic E-state index is 3.53. The van der Waals surface area contributed by atoms with E-state index in [2.05, 4.69) is 56.6 Å². The van der Waals surface area contributed by atoms with Crippen molar-refractivity contribution in [1.82, 2.24) is 0 Å². The van der Waals surface area contributed by atoms with Crippen molar-refractivity contribution in [3.63, 3.8) is 0 Å². The Morgan fingerprint density at radius 2 is 2.00 bits per heavy atom. The van der Waals surface area contributed by atoms with Crippen LogP contribution in [0.1, 0.15) is 27.2 Å². The SMILES string of the molecule is CSc1cccc(NC(C)CC(C)C)c1. The average molecular weight is 223 g/mol. The molecule has 84 valence electrons. The quantitative estimate of drug-likeness (QED) is 0.749. The van der Waals surface area contributed by atoms with E-state index in [1.54, 1.807) is 11.8 Å². The number of nitrogens with one attached hydrogen (secondary N) is 1. The first-order chi connectivity index (χ1) is 7.11. The van der Waals surface area contributed by atoms with E-state index in [4.69, 9.17) is 0 Å². The van der Waals surface area contributed by atoms with E-state index in [-0.39, 0.29) is 0 Å². The number of thioether (sulfide) groups is 1. The smallest absolute Gasteiger partial charge is 0.0353 e. The summed E-state index contributed by atoms with van der Waals surface area (Å²) < 4.78 is 0. The molecule has 15 heavy (non-hydrogen) atoms. The molecule has 0 bridgehead atoms. The monoisotopic (exact) mass is 223 g/mol. The van der Waals surface area contributed by atoms with Crippen LogP contribution in [0.4, 0.5) is 5.69 Å². The van der Waals surface area contributed by atoms with Gasteiger partial charge in [0, 0.05) is 16.6 Å². The lowest BCUT2D eigenvalue weighted by Gasteiger charge is -2.17. The zero-order chi connectivity index (χ0) is 11.3. The molecule has 0 saturated heterocycles. The van der Waals surface area contributed by atoms with Crippen molar-refractivity contribution < 1.29 is 0 Å². The fourth-order valence-electron chi connectivity index (χ4n) is 1.76. The van der Waals surface area contributed by atoms with Crippen molar-refractivity contribution in [2.45, 2.75) is 38.1 Å². The van der Waals surface area contributed by atoms with Crippen molar-refractivity contribution >= 4 is 17.4 Å². The Morgan fingerprint density at radius 1 is 1.27 bits per heavy atom. The molecule has 1 aromatic rings. The van der Waals surface area contributed by atoms with Crippen molar-refractivity contribution in [3.8, 4) is 0 Å². The normalized spacial score (nSPS) is 12.9. The van der Waals surface area contributed by atoms with Crippen molar-refractivity contribution in [3.05, 3.63) is 24.3 Å². The first kappa shape index (κ1) is 12.4. The van der Waals surface area contributed by atoms with Crippen molar-refractivity contribution in [2.75, 3.05) is 11.6 Å². The summed E-state index contributed by atoms with van der Waals surface area (Å²) in [6.45, 7) is 6.76. The predicted molar refractivity (Wildman–Crippen MR) is 70.8 cm³/mol. The molecule has 0 fully saturated rings. The van der Waals surface area contributed by atoms with Gasteiger partial charge in [-0.25, -0.2) is 0 Å². The van der Waals surface area contributed by atoms with Crippen LogP contribution in [-0.2, 0) is 0 Å². The summed E-state index contributed by atoms with van der Waals surface area (Å²) in [5.74, 6) is 0.747. The second-order valence-corrected chi connectivity index (χ2v) is 5.29. The topological polar surface area (TPSA) is 12.0 Å². The minimum atomic E-state index is 0.544. The molecule has 0 radical (unpaired) electrons. The van der Waals surface area contributed by atoms with Gasteiger partial charge in [-0.15, -0.1) is 11.8 Å². The summed E-state index contributed by atoms with van der Waals surface area (Å²) in [6.07, 6.45) is 3.32. The van der Waals surface area contributed by atoms with Gasteiger partial charge in [0.25, 0.3) is 0 Å². The Bertz CT molecular complexity index is 296. The summed E-state index contributed by atoms with van der Waals surface area (Å²) in [5.41, 5.74) is 1.23. The molecule has 1 unspecified atom stereocenters. The van der Waals surface area contributed by atoms with E-state index in [0.717, 1.165) is 5.92 Å². The summed E-state index contributed by atoms with van der Waals surface area (Å²) in [6, 6.07) is 9.14. The standard InChI is InChI=1S/C13H21NS/c1-10(2)8-11(3)14-12-6-5-7-13(9-12)15-4/h5-7,9-11,14H,8H2,1-4H3. The molecular formula is C13H21NS. The second kappa shape index (κ2) is 6.06. The van der Waals surface area contributed by atoms with Gasteiger partial charge in [-0.05, 0) is 43.7 Å². The lowest BCUT2D eigenvalue weighted by molar-refractivity contribution is 0.540. The molecule has 0 aromatic heterocycles. The molecule has 1 nitrogen and oxygen atoms in total. The van der Waals surface area contributed by atoms with E-state index in [1.165, 1.54) is 17.0 Å². The van der Waals surface area contributed by atoms with Crippen LogP contribution < -0.4 is 5.32 Å². The van der Waals surface area contributed by atoms with Crippen LogP contribution >= 0.6 is 11.8 Å². The largest absolute Gasteiger partial charge is 0.383 e. The Labute approximate surface area is 97.7 Å². The van der Waals surface area contributed by atoms with E-state index >= 15 is 0 Å². The van der Waals surface area contributed by atoms with Crippen LogP contribution in [0.25, 0.3) is 0 Å². The van der Waals surface area contributed by atoms with Crippen LogP contribution in [0, 0.1) is 5.92 Å². The third-order valence-corrected chi connectivity index (χ3v) is 3.03. The van der Waals surface area contributed by atoms with Gasteiger partial charge >= 0.3 is 0 Å². The number of benzene rings is 1. The summed E-state index contributed by atoms with van der Waals surface area (Å²) in [5, 5.41) is 3.53. The molecule has 1 N–H and O–H groups in total. The van der Waals surface area contributed by atoms with Gasteiger partial charge in [0.2, 0.25) is 0 Å². The third kappa shape index (κ3) is 4.61. The lowest BCUT2D eigenvalue weighted by atomic mass is 10.1. The van der Waals surface area contributed by atoms with Gasteiger partial charge < -0.3 is 5.32 Å². The Kier molecular flexibility index (Phi) is 5.03. The Hall–Kier alpha value is -0.630. The highest BCUT2D eigenvalue weighted by atomic mass is 32.2. The molecule has 0 aliphatic carbocycles. The maximum atomic E-state index is 3.53. The number of hydrogen-bond donors (Lipinski definition) is 1. The van der Waals surface area contributed by atoms with Gasteiger partial charge in [-0.2, -0.15) is 0 Å². The molecular weight excluding hydrogens is 202 g/mol. The lowest BCUT2D eigenvalue weighted by Crippen LogP contribution is -2.17. The van der Waals surface area contributed by atoms with Crippen molar-refractivity contribution in [2.24, 2.45) is 5.92 Å². The van der Waals surface area contributed by atoms with E-state index in [9.17, 15) is 0 Å². The summed E-state index contributed by atoms with van der Waals surface area (Å²) >= 11 is 1.78. The van der Waals surface area contributed by atoms with Gasteiger partial charge in [-0.1, -0.05) is 19.9 Å².